The molecule has 1 aliphatic rings. The van der Waals surface area contributed by atoms with Gasteiger partial charge in [-0.2, -0.15) is 10.4 Å². The first kappa shape index (κ1) is 22.4. The Hall–Kier alpha value is -3.76. The van der Waals surface area contributed by atoms with Gasteiger partial charge in [-0.25, -0.2) is 4.68 Å². The van der Waals surface area contributed by atoms with Crippen LogP contribution in [-0.2, 0) is 6.42 Å². The molecule has 2 aromatic carbocycles. The maximum Gasteiger partial charge on any atom is 0.226 e. The van der Waals surface area contributed by atoms with Crippen LogP contribution in [0.4, 0.5) is 0 Å². The van der Waals surface area contributed by atoms with E-state index >= 15 is 0 Å². The molecule has 1 aromatic heterocycles. The first-order valence-electron chi connectivity index (χ1n) is 11.2. The van der Waals surface area contributed by atoms with E-state index in [9.17, 15) is 5.26 Å². The number of benzene rings is 2. The molecule has 2 N–H and O–H groups in total. The van der Waals surface area contributed by atoms with Gasteiger partial charge in [-0.05, 0) is 62.6 Å². The van der Waals surface area contributed by atoms with Crippen molar-refractivity contribution in [3.8, 4) is 29.1 Å². The van der Waals surface area contributed by atoms with Crippen LogP contribution in [-0.4, -0.2) is 29.2 Å². The van der Waals surface area contributed by atoms with E-state index in [0.29, 0.717) is 41.7 Å². The molecule has 0 saturated heterocycles. The van der Waals surface area contributed by atoms with Crippen molar-refractivity contribution in [1.29, 1.82) is 5.26 Å². The van der Waals surface area contributed by atoms with Gasteiger partial charge < -0.3 is 14.2 Å². The highest BCUT2D eigenvalue weighted by Gasteiger charge is 2.33. The summed E-state index contributed by atoms with van der Waals surface area (Å²) in [5, 5.41) is 14.7. The Bertz CT molecular complexity index is 1240. The second-order valence-corrected chi connectivity index (χ2v) is 7.66. The number of nitrogens with zero attached hydrogens (tertiary/aromatic N) is 3. The lowest BCUT2D eigenvalue weighted by atomic mass is 9.91. The maximum atomic E-state index is 9.95. The number of hydrogen-bond donors (Lipinski definition) is 1. The minimum absolute atomic E-state index is 0.345. The Labute approximate surface area is 194 Å². The van der Waals surface area contributed by atoms with Gasteiger partial charge in [0.1, 0.15) is 6.07 Å². The molecule has 1 atom stereocenters. The van der Waals surface area contributed by atoms with Crippen molar-refractivity contribution >= 4 is 5.57 Å². The van der Waals surface area contributed by atoms with Gasteiger partial charge in [0.2, 0.25) is 5.88 Å². The van der Waals surface area contributed by atoms with E-state index in [1.165, 1.54) is 5.56 Å². The number of hydrogen-bond acceptors (Lipinski definition) is 6. The van der Waals surface area contributed by atoms with Gasteiger partial charge in [-0.15, -0.1) is 0 Å². The molecule has 7 nitrogen and oxygen atoms in total. The van der Waals surface area contributed by atoms with Crippen LogP contribution in [0.25, 0.3) is 11.3 Å². The summed E-state index contributed by atoms with van der Waals surface area (Å²) in [4.78, 5) is 0. The minimum atomic E-state index is -0.913. The average Bonchev–Trinajstić information content (AvgIpc) is 3.15. The summed E-state index contributed by atoms with van der Waals surface area (Å²) in [7, 11) is 0. The molecule has 1 aliphatic heterocycles. The van der Waals surface area contributed by atoms with Gasteiger partial charge >= 0.3 is 0 Å². The molecule has 0 spiro atoms. The topological polar surface area (TPSA) is 95.3 Å². The second-order valence-electron chi connectivity index (χ2n) is 7.66. The summed E-state index contributed by atoms with van der Waals surface area (Å²) in [5.74, 6) is 1.79. The summed E-state index contributed by atoms with van der Waals surface area (Å²) < 4.78 is 19.3. The van der Waals surface area contributed by atoms with Crippen LogP contribution in [0.1, 0.15) is 43.2 Å². The Kier molecular flexibility index (Phi) is 6.38. The zero-order valence-electron chi connectivity index (χ0n) is 19.4. The molecular weight excluding hydrogens is 416 g/mol. The molecule has 0 bridgehead atoms. The number of ether oxygens (including phenoxy) is 3. The predicted molar refractivity (Wildman–Crippen MR) is 127 cm³/mol. The molecule has 170 valence electrons. The van der Waals surface area contributed by atoms with E-state index < -0.39 is 6.23 Å². The number of fused-ring (bicyclic) bond motifs is 1. The molecule has 4 rings (SSSR count). The first-order valence-corrected chi connectivity index (χ1v) is 11.2. The van der Waals surface area contributed by atoms with Gasteiger partial charge in [0, 0.05) is 5.57 Å². The third-order valence-corrected chi connectivity index (χ3v) is 5.60. The number of rotatable bonds is 7. The second kappa shape index (κ2) is 9.39. The number of aromatic nitrogens is 2. The lowest BCUT2D eigenvalue weighted by Crippen LogP contribution is -2.33. The van der Waals surface area contributed by atoms with Crippen molar-refractivity contribution in [3.05, 3.63) is 70.4 Å². The Morgan fingerprint density at radius 2 is 1.76 bits per heavy atom. The van der Waals surface area contributed by atoms with Gasteiger partial charge in [0.15, 0.2) is 17.7 Å². The van der Waals surface area contributed by atoms with E-state index in [4.69, 9.17) is 25.0 Å². The van der Waals surface area contributed by atoms with Gasteiger partial charge in [0.05, 0.1) is 35.7 Å². The van der Waals surface area contributed by atoms with E-state index in [1.807, 2.05) is 51.1 Å². The van der Waals surface area contributed by atoms with Crippen LogP contribution >= 0.6 is 0 Å². The van der Waals surface area contributed by atoms with E-state index in [0.717, 1.165) is 28.9 Å². The molecule has 0 amide bonds. The summed E-state index contributed by atoms with van der Waals surface area (Å²) in [6, 6.07) is 16.1. The van der Waals surface area contributed by atoms with Crippen LogP contribution in [0.15, 0.2) is 48.0 Å². The van der Waals surface area contributed by atoms with Crippen LogP contribution in [0.2, 0.25) is 0 Å². The highest BCUT2D eigenvalue weighted by atomic mass is 16.5. The number of nitrogens with two attached hydrogens (primary N) is 1. The zero-order valence-corrected chi connectivity index (χ0v) is 19.4. The molecule has 2 heterocycles. The molecule has 0 fully saturated rings. The molecule has 1 unspecified atom stereocenters. The lowest BCUT2D eigenvalue weighted by molar-refractivity contribution is 0.228. The van der Waals surface area contributed by atoms with Crippen LogP contribution < -0.4 is 19.9 Å². The quantitative estimate of drug-likeness (QED) is 0.575. The minimum Gasteiger partial charge on any atom is -0.490 e. The Morgan fingerprint density at radius 1 is 1.06 bits per heavy atom. The largest absolute Gasteiger partial charge is 0.490 e. The van der Waals surface area contributed by atoms with Gasteiger partial charge in [0.25, 0.3) is 0 Å². The normalized spacial score (nSPS) is 15.0. The number of aryl methyl sites for hydroxylation is 2. The smallest absolute Gasteiger partial charge is 0.226 e. The Balaban J connectivity index is 1.90. The van der Waals surface area contributed by atoms with Crippen molar-refractivity contribution in [2.45, 2.75) is 40.3 Å². The first-order chi connectivity index (χ1) is 16.0. The van der Waals surface area contributed by atoms with Crippen molar-refractivity contribution in [2.75, 3.05) is 13.2 Å². The average molecular weight is 445 g/mol. The molecular formula is C26H28N4O3. The van der Waals surface area contributed by atoms with Crippen molar-refractivity contribution < 1.29 is 14.2 Å². The highest BCUT2D eigenvalue weighted by Crippen LogP contribution is 2.43. The standard InChI is InChI=1S/C26H28N4O3/c1-5-17-8-11-19(12-9-17)30-26-23(16(4)29-30)24(20(15-27)25(28)33-26)18-10-13-21(31-6-2)22(14-18)32-7-3/h8-14,25H,5-7,28H2,1-4H3. The monoisotopic (exact) mass is 444 g/mol. The molecule has 0 saturated carbocycles. The summed E-state index contributed by atoms with van der Waals surface area (Å²) in [5.41, 5.74) is 11.7. The Morgan fingerprint density at radius 3 is 2.39 bits per heavy atom. The molecule has 33 heavy (non-hydrogen) atoms. The van der Waals surface area contributed by atoms with E-state index in [-0.39, 0.29) is 0 Å². The molecule has 0 aliphatic carbocycles. The van der Waals surface area contributed by atoms with Gasteiger partial charge in [-0.3, -0.25) is 5.73 Å². The van der Waals surface area contributed by atoms with E-state index in [2.05, 4.69) is 25.1 Å². The molecule has 7 heteroatoms. The lowest BCUT2D eigenvalue weighted by Gasteiger charge is -2.25. The summed E-state index contributed by atoms with van der Waals surface area (Å²) in [6.07, 6.45) is 0.0420. The highest BCUT2D eigenvalue weighted by molar-refractivity contribution is 5.90. The fraction of sp³-hybridized carbons (Fsp3) is 0.308. The van der Waals surface area contributed by atoms with Crippen molar-refractivity contribution in [2.24, 2.45) is 5.73 Å². The fourth-order valence-electron chi connectivity index (χ4n) is 4.03. The number of nitriles is 1. The van der Waals surface area contributed by atoms with Crippen molar-refractivity contribution in [1.82, 2.24) is 9.78 Å². The van der Waals surface area contributed by atoms with Crippen LogP contribution in [0.3, 0.4) is 0 Å². The van der Waals surface area contributed by atoms with Crippen LogP contribution in [0.5, 0.6) is 17.4 Å². The zero-order chi connectivity index (χ0) is 23.5. The third kappa shape index (κ3) is 4.06. The summed E-state index contributed by atoms with van der Waals surface area (Å²) in [6.45, 7) is 8.88. The van der Waals surface area contributed by atoms with Gasteiger partial charge in [-0.1, -0.05) is 25.1 Å². The molecule has 0 radical (unpaired) electrons. The summed E-state index contributed by atoms with van der Waals surface area (Å²) >= 11 is 0. The SMILES string of the molecule is CCOc1ccc(C2=C(C#N)C(N)Oc3c2c(C)nn3-c2ccc(CC)cc2)cc1OCC. The third-order valence-electron chi connectivity index (χ3n) is 5.60. The van der Waals surface area contributed by atoms with Crippen molar-refractivity contribution in [3.63, 3.8) is 0 Å². The predicted octanol–water partition coefficient (Wildman–Crippen LogP) is 4.54. The fourth-order valence-corrected chi connectivity index (χ4v) is 4.03. The molecule has 3 aromatic rings. The maximum absolute atomic E-state index is 9.95. The van der Waals surface area contributed by atoms with E-state index in [1.54, 1.807) is 4.68 Å². The van der Waals surface area contributed by atoms with Crippen LogP contribution in [0, 0.1) is 18.3 Å².